The molecule has 1 saturated heterocycles. The number of anilines is 2. The molecule has 1 aromatic rings. The van der Waals surface area contributed by atoms with Gasteiger partial charge in [-0.3, -0.25) is 9.59 Å². The van der Waals surface area contributed by atoms with E-state index in [2.05, 4.69) is 5.32 Å². The summed E-state index contributed by atoms with van der Waals surface area (Å²) in [6.45, 7) is 3.27. The highest BCUT2D eigenvalue weighted by Crippen LogP contribution is 2.30. The molecule has 114 valence electrons. The van der Waals surface area contributed by atoms with Crippen molar-refractivity contribution in [1.82, 2.24) is 4.90 Å². The van der Waals surface area contributed by atoms with E-state index < -0.39 is 11.9 Å². The fourth-order valence-corrected chi connectivity index (χ4v) is 2.74. The van der Waals surface area contributed by atoms with Crippen LogP contribution in [0.1, 0.15) is 30.1 Å². The van der Waals surface area contributed by atoms with Crippen LogP contribution >= 0.6 is 11.6 Å². The van der Waals surface area contributed by atoms with E-state index >= 15 is 0 Å². The monoisotopic (exact) mass is 310 g/mol. The van der Waals surface area contributed by atoms with Gasteiger partial charge in [0.2, 0.25) is 5.91 Å². The van der Waals surface area contributed by atoms with E-state index in [1.807, 2.05) is 0 Å². The molecule has 1 heterocycles. The van der Waals surface area contributed by atoms with E-state index in [9.17, 15) is 9.59 Å². The van der Waals surface area contributed by atoms with Crippen molar-refractivity contribution >= 4 is 34.8 Å². The Labute approximate surface area is 128 Å². The lowest BCUT2D eigenvalue weighted by atomic mass is 10.1. The van der Waals surface area contributed by atoms with Crippen molar-refractivity contribution in [3.8, 4) is 0 Å². The molecule has 1 aromatic carbocycles. The normalized spacial score (nSPS) is 15.8. The van der Waals surface area contributed by atoms with Gasteiger partial charge in [-0.1, -0.05) is 11.6 Å². The average molecular weight is 311 g/mol. The molecule has 1 aliphatic heterocycles. The van der Waals surface area contributed by atoms with E-state index in [-0.39, 0.29) is 16.5 Å². The SMILES string of the molecule is CC(Nc1c(Cl)cc(N)cc1C(N)=O)C(=O)N1CCCC1. The number of nitrogens with zero attached hydrogens (tertiary/aromatic N) is 1. The molecule has 0 saturated carbocycles. The fourth-order valence-electron chi connectivity index (χ4n) is 2.46. The van der Waals surface area contributed by atoms with Crippen molar-refractivity contribution in [3.63, 3.8) is 0 Å². The van der Waals surface area contributed by atoms with Crippen molar-refractivity contribution in [2.75, 3.05) is 24.1 Å². The lowest BCUT2D eigenvalue weighted by molar-refractivity contribution is -0.130. The number of nitrogens with one attached hydrogen (secondary N) is 1. The van der Waals surface area contributed by atoms with Crippen LogP contribution in [0.25, 0.3) is 0 Å². The molecule has 0 aliphatic carbocycles. The van der Waals surface area contributed by atoms with Gasteiger partial charge in [0.05, 0.1) is 16.3 Å². The van der Waals surface area contributed by atoms with Gasteiger partial charge in [0.25, 0.3) is 5.91 Å². The molecule has 6 nitrogen and oxygen atoms in total. The number of likely N-dealkylation sites (tertiary alicyclic amines) is 1. The van der Waals surface area contributed by atoms with Gasteiger partial charge in [-0.15, -0.1) is 0 Å². The van der Waals surface area contributed by atoms with Gasteiger partial charge < -0.3 is 21.7 Å². The minimum absolute atomic E-state index is 0.0178. The van der Waals surface area contributed by atoms with E-state index in [0.717, 1.165) is 25.9 Å². The van der Waals surface area contributed by atoms with Crippen molar-refractivity contribution in [2.24, 2.45) is 5.73 Å². The molecule has 0 aromatic heterocycles. The largest absolute Gasteiger partial charge is 0.399 e. The van der Waals surface area contributed by atoms with Gasteiger partial charge in [-0.25, -0.2) is 0 Å². The molecule has 0 radical (unpaired) electrons. The van der Waals surface area contributed by atoms with Crippen LogP contribution < -0.4 is 16.8 Å². The molecular formula is C14H19ClN4O2. The summed E-state index contributed by atoms with van der Waals surface area (Å²) in [6, 6.07) is 2.47. The molecular weight excluding hydrogens is 292 g/mol. The highest BCUT2D eigenvalue weighted by molar-refractivity contribution is 6.34. The molecule has 1 unspecified atom stereocenters. The predicted molar refractivity (Wildman–Crippen MR) is 83.3 cm³/mol. The molecule has 1 fully saturated rings. The van der Waals surface area contributed by atoms with Crippen LogP contribution in [0.15, 0.2) is 12.1 Å². The summed E-state index contributed by atoms with van der Waals surface area (Å²) in [7, 11) is 0. The third-order valence-electron chi connectivity index (χ3n) is 3.53. The first kappa shape index (κ1) is 15.4. The zero-order chi connectivity index (χ0) is 15.6. The molecule has 2 rings (SSSR count). The first-order valence-electron chi connectivity index (χ1n) is 6.84. The number of halogens is 1. The Morgan fingerprint density at radius 3 is 2.52 bits per heavy atom. The quantitative estimate of drug-likeness (QED) is 0.732. The molecule has 5 N–H and O–H groups in total. The Hall–Kier alpha value is -1.95. The third kappa shape index (κ3) is 3.39. The van der Waals surface area contributed by atoms with Crippen LogP contribution in [0.4, 0.5) is 11.4 Å². The lowest BCUT2D eigenvalue weighted by Crippen LogP contribution is -2.40. The van der Waals surface area contributed by atoms with Crippen LogP contribution in [0, 0.1) is 0 Å². The van der Waals surface area contributed by atoms with Crippen molar-refractivity contribution < 1.29 is 9.59 Å². The zero-order valence-corrected chi connectivity index (χ0v) is 12.6. The van der Waals surface area contributed by atoms with Crippen molar-refractivity contribution in [2.45, 2.75) is 25.8 Å². The van der Waals surface area contributed by atoms with Crippen LogP contribution in [0.2, 0.25) is 5.02 Å². The van der Waals surface area contributed by atoms with Gasteiger partial charge in [-0.2, -0.15) is 0 Å². The standard InChI is InChI=1S/C14H19ClN4O2/c1-8(14(21)19-4-2-3-5-19)18-12-10(13(17)20)6-9(16)7-11(12)15/h6-8,18H,2-5,16H2,1H3,(H2,17,20). The maximum Gasteiger partial charge on any atom is 0.250 e. The second-order valence-corrected chi connectivity index (χ2v) is 5.60. The zero-order valence-electron chi connectivity index (χ0n) is 11.9. The summed E-state index contributed by atoms with van der Waals surface area (Å²) in [5, 5.41) is 3.25. The summed E-state index contributed by atoms with van der Waals surface area (Å²) in [5.74, 6) is -0.664. The second-order valence-electron chi connectivity index (χ2n) is 5.19. The first-order chi connectivity index (χ1) is 9.90. The molecule has 1 aliphatic rings. The van der Waals surface area contributed by atoms with Gasteiger partial charge in [-0.05, 0) is 31.9 Å². The van der Waals surface area contributed by atoms with Crippen molar-refractivity contribution in [1.29, 1.82) is 0 Å². The van der Waals surface area contributed by atoms with Crippen molar-refractivity contribution in [3.05, 3.63) is 22.7 Å². The van der Waals surface area contributed by atoms with Gasteiger partial charge in [0.15, 0.2) is 0 Å². The maximum atomic E-state index is 12.3. The van der Waals surface area contributed by atoms with Crippen LogP contribution in [0.3, 0.4) is 0 Å². The average Bonchev–Trinajstić information content (AvgIpc) is 2.94. The lowest BCUT2D eigenvalue weighted by Gasteiger charge is -2.23. The first-order valence-corrected chi connectivity index (χ1v) is 7.22. The Kier molecular flexibility index (Phi) is 4.57. The van der Waals surface area contributed by atoms with Gasteiger partial charge >= 0.3 is 0 Å². The number of nitrogens with two attached hydrogens (primary N) is 2. The van der Waals surface area contributed by atoms with Gasteiger partial charge in [0, 0.05) is 18.8 Å². The van der Waals surface area contributed by atoms with Gasteiger partial charge in [0.1, 0.15) is 6.04 Å². The highest BCUT2D eigenvalue weighted by Gasteiger charge is 2.25. The Morgan fingerprint density at radius 2 is 1.95 bits per heavy atom. The predicted octanol–water partition coefficient (Wildman–Crippen LogP) is 1.44. The molecule has 1 atom stereocenters. The minimum Gasteiger partial charge on any atom is -0.399 e. The summed E-state index contributed by atoms with van der Waals surface area (Å²) in [4.78, 5) is 25.6. The topological polar surface area (TPSA) is 101 Å². The Bertz CT molecular complexity index is 570. The van der Waals surface area contributed by atoms with E-state index in [4.69, 9.17) is 23.1 Å². The number of rotatable bonds is 4. The van der Waals surface area contributed by atoms with E-state index in [1.54, 1.807) is 11.8 Å². The number of nitrogen functional groups attached to an aromatic ring is 1. The molecule has 0 spiro atoms. The minimum atomic E-state index is -0.646. The molecule has 2 amide bonds. The smallest absolute Gasteiger partial charge is 0.250 e. The van der Waals surface area contributed by atoms with E-state index in [1.165, 1.54) is 12.1 Å². The summed E-state index contributed by atoms with van der Waals surface area (Å²) >= 11 is 6.11. The number of benzene rings is 1. The summed E-state index contributed by atoms with van der Waals surface area (Å²) < 4.78 is 0. The number of hydrogen-bond donors (Lipinski definition) is 3. The van der Waals surface area contributed by atoms with Crippen LogP contribution in [0.5, 0.6) is 0 Å². The number of primary amides is 1. The summed E-state index contributed by atoms with van der Waals surface area (Å²) in [6.07, 6.45) is 2.04. The number of hydrogen-bond acceptors (Lipinski definition) is 4. The number of carbonyl (C=O) groups excluding carboxylic acids is 2. The maximum absolute atomic E-state index is 12.3. The Morgan fingerprint density at radius 1 is 1.33 bits per heavy atom. The second kappa shape index (κ2) is 6.22. The number of amides is 2. The fraction of sp³-hybridized carbons (Fsp3) is 0.429. The highest BCUT2D eigenvalue weighted by atomic mass is 35.5. The molecule has 0 bridgehead atoms. The van der Waals surface area contributed by atoms with E-state index in [0.29, 0.717) is 11.4 Å². The third-order valence-corrected chi connectivity index (χ3v) is 3.83. The van der Waals surface area contributed by atoms with Crippen LogP contribution in [-0.2, 0) is 4.79 Å². The summed E-state index contributed by atoms with van der Waals surface area (Å²) in [5.41, 5.74) is 11.9. The van der Waals surface area contributed by atoms with Crippen LogP contribution in [-0.4, -0.2) is 35.8 Å². The molecule has 7 heteroatoms. The number of carbonyl (C=O) groups is 2. The molecule has 21 heavy (non-hydrogen) atoms. The Balaban J connectivity index is 2.22.